The van der Waals surface area contributed by atoms with Crippen LogP contribution in [-0.4, -0.2) is 18.1 Å². The van der Waals surface area contributed by atoms with Crippen LogP contribution >= 0.6 is 11.8 Å². The van der Waals surface area contributed by atoms with Gasteiger partial charge in [0.05, 0.1) is 0 Å². The summed E-state index contributed by atoms with van der Waals surface area (Å²) in [6.45, 7) is 2.29. The summed E-state index contributed by atoms with van der Waals surface area (Å²) in [4.78, 5) is 0. The third kappa shape index (κ3) is 2.80. The number of aryl methyl sites for hydroxylation is 1. The van der Waals surface area contributed by atoms with Gasteiger partial charge >= 0.3 is 0 Å². The molecule has 0 radical (unpaired) electrons. The Hall–Kier alpha value is -0.470. The molecule has 2 unspecified atom stereocenters. The molecule has 1 aliphatic carbocycles. The van der Waals surface area contributed by atoms with Gasteiger partial charge in [-0.2, -0.15) is 11.8 Å². The Morgan fingerprint density at radius 2 is 2.25 bits per heavy atom. The van der Waals surface area contributed by atoms with Crippen molar-refractivity contribution >= 4 is 11.8 Å². The lowest BCUT2D eigenvalue weighted by molar-refractivity contribution is 0.426. The predicted octanol–water partition coefficient (Wildman–Crippen LogP) is 3.41. The Morgan fingerprint density at radius 1 is 1.44 bits per heavy atom. The molecule has 1 nitrogen and oxygen atoms in total. The maximum Gasteiger partial charge on any atom is 0.0325 e. The first-order valence-corrected chi connectivity index (χ1v) is 7.53. The van der Waals surface area contributed by atoms with Gasteiger partial charge in [0.25, 0.3) is 0 Å². The molecular weight excluding hydrogens is 214 g/mol. The molecule has 88 valence electrons. The van der Waals surface area contributed by atoms with E-state index in [2.05, 4.69) is 42.8 Å². The maximum absolute atomic E-state index is 3.76. The third-order valence-electron chi connectivity index (χ3n) is 3.27. The van der Waals surface area contributed by atoms with E-state index in [0.717, 1.165) is 0 Å². The summed E-state index contributed by atoms with van der Waals surface area (Å²) in [6.07, 6.45) is 6.04. The molecule has 0 aromatic heterocycles. The van der Waals surface area contributed by atoms with Gasteiger partial charge in [-0.15, -0.1) is 0 Å². The van der Waals surface area contributed by atoms with E-state index in [1.165, 1.54) is 30.6 Å². The Kier molecular flexibility index (Phi) is 4.30. The van der Waals surface area contributed by atoms with Gasteiger partial charge in [0.1, 0.15) is 0 Å². The van der Waals surface area contributed by atoms with Crippen LogP contribution in [0.15, 0.2) is 24.3 Å². The summed E-state index contributed by atoms with van der Waals surface area (Å²) in [5, 5.41) is 3.76. The van der Waals surface area contributed by atoms with E-state index >= 15 is 0 Å². The first-order valence-electron chi connectivity index (χ1n) is 6.14. The largest absolute Gasteiger partial charge is 0.307 e. The molecule has 0 saturated heterocycles. The lowest BCUT2D eigenvalue weighted by atomic mass is 9.87. The average Bonchev–Trinajstić information content (AvgIpc) is 2.30. The van der Waals surface area contributed by atoms with Crippen LogP contribution < -0.4 is 5.32 Å². The average molecular weight is 235 g/mol. The first-order chi connectivity index (χ1) is 7.81. The molecule has 1 aliphatic rings. The van der Waals surface area contributed by atoms with E-state index in [9.17, 15) is 0 Å². The minimum absolute atomic E-state index is 0.576. The molecular formula is C14H21NS. The zero-order valence-electron chi connectivity index (χ0n) is 10.2. The van der Waals surface area contributed by atoms with Crippen molar-refractivity contribution in [3.8, 4) is 0 Å². The zero-order chi connectivity index (χ0) is 11.4. The second-order valence-electron chi connectivity index (χ2n) is 4.67. The van der Waals surface area contributed by atoms with Crippen molar-refractivity contribution in [2.45, 2.75) is 38.3 Å². The van der Waals surface area contributed by atoms with Gasteiger partial charge in [0, 0.05) is 17.8 Å². The molecule has 0 heterocycles. The quantitative estimate of drug-likeness (QED) is 0.858. The summed E-state index contributed by atoms with van der Waals surface area (Å²) < 4.78 is 0. The summed E-state index contributed by atoms with van der Waals surface area (Å²) in [5.74, 6) is 1.19. The van der Waals surface area contributed by atoms with Gasteiger partial charge in [-0.25, -0.2) is 0 Å². The number of hydrogen-bond donors (Lipinski definition) is 1. The summed E-state index contributed by atoms with van der Waals surface area (Å²) in [5.41, 5.74) is 3.07. The Bertz CT molecular complexity index is 337. The minimum atomic E-state index is 0.576. The fourth-order valence-electron chi connectivity index (χ4n) is 2.57. The topological polar surface area (TPSA) is 12.0 Å². The number of thioether (sulfide) groups is 1. The maximum atomic E-state index is 3.76. The number of fused-ring (bicyclic) bond motifs is 1. The first kappa shape index (κ1) is 12.0. The van der Waals surface area contributed by atoms with Crippen molar-refractivity contribution in [2.75, 3.05) is 12.0 Å². The normalized spacial score (nSPS) is 21.5. The highest BCUT2D eigenvalue weighted by atomic mass is 32.2. The highest BCUT2D eigenvalue weighted by molar-refractivity contribution is 7.98. The Labute approximate surface area is 103 Å². The molecule has 16 heavy (non-hydrogen) atoms. The SMILES string of the molecule is CSCC(C)NC1CCCc2ccccc21. The predicted molar refractivity (Wildman–Crippen MR) is 73.1 cm³/mol. The highest BCUT2D eigenvalue weighted by Gasteiger charge is 2.20. The van der Waals surface area contributed by atoms with Crippen LogP contribution in [0.4, 0.5) is 0 Å². The van der Waals surface area contributed by atoms with E-state index in [0.29, 0.717) is 12.1 Å². The summed E-state index contributed by atoms with van der Waals surface area (Å²) in [6, 6.07) is 10.1. The van der Waals surface area contributed by atoms with Crippen molar-refractivity contribution in [3.63, 3.8) is 0 Å². The molecule has 1 N–H and O–H groups in total. The van der Waals surface area contributed by atoms with E-state index in [-0.39, 0.29) is 0 Å². The summed E-state index contributed by atoms with van der Waals surface area (Å²) in [7, 11) is 0. The van der Waals surface area contributed by atoms with Crippen molar-refractivity contribution in [3.05, 3.63) is 35.4 Å². The fourth-order valence-corrected chi connectivity index (χ4v) is 3.16. The number of nitrogens with one attached hydrogen (secondary N) is 1. The van der Waals surface area contributed by atoms with Crippen molar-refractivity contribution in [1.82, 2.24) is 5.32 Å². The molecule has 0 aliphatic heterocycles. The monoisotopic (exact) mass is 235 g/mol. The molecule has 2 atom stereocenters. The zero-order valence-corrected chi connectivity index (χ0v) is 11.0. The van der Waals surface area contributed by atoms with E-state index < -0.39 is 0 Å². The molecule has 0 fully saturated rings. The molecule has 1 aromatic carbocycles. The molecule has 0 saturated carbocycles. The number of rotatable bonds is 4. The van der Waals surface area contributed by atoms with Crippen LogP contribution in [0.1, 0.15) is 36.9 Å². The van der Waals surface area contributed by atoms with Gasteiger partial charge < -0.3 is 5.32 Å². The molecule has 0 bridgehead atoms. The van der Waals surface area contributed by atoms with Gasteiger partial charge in [0.2, 0.25) is 0 Å². The van der Waals surface area contributed by atoms with Gasteiger partial charge in [-0.1, -0.05) is 24.3 Å². The van der Waals surface area contributed by atoms with E-state index in [4.69, 9.17) is 0 Å². The highest BCUT2D eigenvalue weighted by Crippen LogP contribution is 2.29. The van der Waals surface area contributed by atoms with Crippen LogP contribution in [0, 0.1) is 0 Å². The lowest BCUT2D eigenvalue weighted by Gasteiger charge is -2.29. The van der Waals surface area contributed by atoms with Crippen LogP contribution in [0.5, 0.6) is 0 Å². The Morgan fingerprint density at radius 3 is 3.06 bits per heavy atom. The second kappa shape index (κ2) is 5.74. The molecule has 0 spiro atoms. The van der Waals surface area contributed by atoms with Crippen molar-refractivity contribution < 1.29 is 0 Å². The van der Waals surface area contributed by atoms with Crippen LogP contribution in [-0.2, 0) is 6.42 Å². The van der Waals surface area contributed by atoms with Crippen LogP contribution in [0.2, 0.25) is 0 Å². The van der Waals surface area contributed by atoms with E-state index in [1.807, 2.05) is 11.8 Å². The van der Waals surface area contributed by atoms with Gasteiger partial charge in [-0.05, 0) is 43.6 Å². The van der Waals surface area contributed by atoms with Crippen LogP contribution in [0.3, 0.4) is 0 Å². The van der Waals surface area contributed by atoms with Gasteiger partial charge in [0.15, 0.2) is 0 Å². The minimum Gasteiger partial charge on any atom is -0.307 e. The third-order valence-corrected chi connectivity index (χ3v) is 4.11. The fraction of sp³-hybridized carbons (Fsp3) is 0.571. The number of benzene rings is 1. The van der Waals surface area contributed by atoms with Crippen LogP contribution in [0.25, 0.3) is 0 Å². The van der Waals surface area contributed by atoms with Crippen molar-refractivity contribution in [2.24, 2.45) is 0 Å². The molecule has 2 rings (SSSR count). The lowest BCUT2D eigenvalue weighted by Crippen LogP contribution is -2.34. The smallest absolute Gasteiger partial charge is 0.0325 e. The van der Waals surface area contributed by atoms with E-state index in [1.54, 1.807) is 5.56 Å². The second-order valence-corrected chi connectivity index (χ2v) is 5.58. The van der Waals surface area contributed by atoms with Crippen molar-refractivity contribution in [1.29, 1.82) is 0 Å². The molecule has 1 aromatic rings. The summed E-state index contributed by atoms with van der Waals surface area (Å²) >= 11 is 1.92. The molecule has 0 amide bonds. The number of hydrogen-bond acceptors (Lipinski definition) is 2. The Balaban J connectivity index is 2.07. The standard InChI is InChI=1S/C14H21NS/c1-11(10-16-2)15-14-9-5-7-12-6-3-4-8-13(12)14/h3-4,6,8,11,14-15H,5,7,9-10H2,1-2H3. The van der Waals surface area contributed by atoms with Gasteiger partial charge in [-0.3, -0.25) is 0 Å². The molecule has 2 heteroatoms.